The number of nitrogens with zero attached hydrogens (tertiary/aromatic N) is 3. The zero-order valence-corrected chi connectivity index (χ0v) is 14.0. The number of hydrogen-bond acceptors (Lipinski definition) is 3. The number of likely N-dealkylation sites (tertiary alicyclic amines) is 1. The highest BCUT2D eigenvalue weighted by molar-refractivity contribution is 5.80. The molecule has 2 fully saturated rings. The predicted molar refractivity (Wildman–Crippen MR) is 86.5 cm³/mol. The smallest absolute Gasteiger partial charge is 0.227 e. The van der Waals surface area contributed by atoms with Crippen molar-refractivity contribution in [3.8, 4) is 0 Å². The molecule has 0 bridgehead atoms. The second kappa shape index (κ2) is 6.41. The molecule has 0 aromatic carbocycles. The Hall–Kier alpha value is -1.36. The van der Waals surface area contributed by atoms with Gasteiger partial charge in [-0.2, -0.15) is 5.10 Å². The lowest BCUT2D eigenvalue weighted by atomic mass is 9.85. The molecule has 1 aromatic heterocycles. The average Bonchev–Trinajstić information content (AvgIpc) is 3.15. The lowest BCUT2D eigenvalue weighted by Gasteiger charge is -2.36. The fourth-order valence-electron chi connectivity index (χ4n) is 3.94. The van der Waals surface area contributed by atoms with Crippen molar-refractivity contribution in [1.29, 1.82) is 0 Å². The zero-order chi connectivity index (χ0) is 15.7. The summed E-state index contributed by atoms with van der Waals surface area (Å²) in [4.78, 5) is 15.0. The fraction of sp³-hybridized carbons (Fsp3) is 0.765. The van der Waals surface area contributed by atoms with Crippen molar-refractivity contribution in [3.63, 3.8) is 0 Å². The molecular formula is C17H28N4O. The van der Waals surface area contributed by atoms with Crippen LogP contribution in [0, 0.1) is 17.8 Å². The SMILES string of the molecule is CC(C)C1CCN(C(=O)[C@H]2CNC[C@@H]2c2cnn(C)c2)CC1. The van der Waals surface area contributed by atoms with Crippen LogP contribution in [-0.4, -0.2) is 46.8 Å². The first-order chi connectivity index (χ1) is 10.6. The molecule has 0 spiro atoms. The van der Waals surface area contributed by atoms with Crippen LogP contribution in [0.1, 0.15) is 38.2 Å². The first-order valence-corrected chi connectivity index (χ1v) is 8.54. The van der Waals surface area contributed by atoms with Crippen molar-refractivity contribution < 1.29 is 4.79 Å². The Balaban J connectivity index is 1.64. The van der Waals surface area contributed by atoms with Crippen LogP contribution in [0.2, 0.25) is 0 Å². The summed E-state index contributed by atoms with van der Waals surface area (Å²) in [7, 11) is 1.93. The van der Waals surface area contributed by atoms with E-state index in [0.29, 0.717) is 5.91 Å². The molecule has 122 valence electrons. The summed E-state index contributed by atoms with van der Waals surface area (Å²) in [6.45, 7) is 8.12. The van der Waals surface area contributed by atoms with E-state index in [2.05, 4.69) is 29.2 Å². The average molecular weight is 304 g/mol. The molecule has 0 aliphatic carbocycles. The Morgan fingerprint density at radius 2 is 2.05 bits per heavy atom. The third-order valence-electron chi connectivity index (χ3n) is 5.48. The van der Waals surface area contributed by atoms with Crippen molar-refractivity contribution in [2.24, 2.45) is 24.8 Å². The van der Waals surface area contributed by atoms with Gasteiger partial charge in [-0.15, -0.1) is 0 Å². The van der Waals surface area contributed by atoms with Gasteiger partial charge < -0.3 is 10.2 Å². The largest absolute Gasteiger partial charge is 0.342 e. The van der Waals surface area contributed by atoms with E-state index in [4.69, 9.17) is 0 Å². The molecule has 3 rings (SSSR count). The molecule has 3 heterocycles. The van der Waals surface area contributed by atoms with E-state index in [0.717, 1.165) is 50.9 Å². The number of hydrogen-bond donors (Lipinski definition) is 1. The summed E-state index contributed by atoms with van der Waals surface area (Å²) in [6, 6.07) is 0. The second-order valence-corrected chi connectivity index (χ2v) is 7.23. The third-order valence-corrected chi connectivity index (χ3v) is 5.48. The van der Waals surface area contributed by atoms with Crippen LogP contribution in [0.3, 0.4) is 0 Å². The van der Waals surface area contributed by atoms with Crippen molar-refractivity contribution in [2.45, 2.75) is 32.6 Å². The molecule has 5 nitrogen and oxygen atoms in total. The maximum Gasteiger partial charge on any atom is 0.227 e. The van der Waals surface area contributed by atoms with Gasteiger partial charge in [0.15, 0.2) is 0 Å². The number of amides is 1. The summed E-state index contributed by atoms with van der Waals surface area (Å²) in [5.41, 5.74) is 1.18. The van der Waals surface area contributed by atoms with E-state index >= 15 is 0 Å². The standard InChI is InChI=1S/C17H28N4O/c1-12(2)13-4-6-21(7-5-13)17(22)16-10-18-9-15(16)14-8-19-20(3)11-14/h8,11-13,15-16,18H,4-7,9-10H2,1-3H3/t15-,16+/m1/s1. The predicted octanol–water partition coefficient (Wildman–Crippen LogP) is 1.62. The molecule has 1 amide bonds. The van der Waals surface area contributed by atoms with Crippen LogP contribution < -0.4 is 5.32 Å². The molecule has 2 atom stereocenters. The van der Waals surface area contributed by atoms with Crippen molar-refractivity contribution in [1.82, 2.24) is 20.0 Å². The quantitative estimate of drug-likeness (QED) is 0.923. The minimum Gasteiger partial charge on any atom is -0.342 e. The van der Waals surface area contributed by atoms with Gasteiger partial charge in [-0.1, -0.05) is 13.8 Å². The molecule has 2 aliphatic rings. The minimum absolute atomic E-state index is 0.0693. The van der Waals surface area contributed by atoms with Crippen molar-refractivity contribution >= 4 is 5.91 Å². The highest BCUT2D eigenvalue weighted by Crippen LogP contribution is 2.31. The maximum atomic E-state index is 12.9. The summed E-state index contributed by atoms with van der Waals surface area (Å²) in [6.07, 6.45) is 6.26. The number of carbonyl (C=O) groups is 1. The maximum absolute atomic E-state index is 12.9. The molecular weight excluding hydrogens is 276 g/mol. The van der Waals surface area contributed by atoms with E-state index in [1.54, 1.807) is 0 Å². The Morgan fingerprint density at radius 1 is 1.32 bits per heavy atom. The van der Waals surface area contributed by atoms with Gasteiger partial charge in [-0.25, -0.2) is 0 Å². The number of rotatable bonds is 3. The van der Waals surface area contributed by atoms with Crippen molar-refractivity contribution in [2.75, 3.05) is 26.2 Å². The Labute approximate surface area is 133 Å². The van der Waals surface area contributed by atoms with E-state index in [9.17, 15) is 4.79 Å². The molecule has 0 unspecified atom stereocenters. The van der Waals surface area contributed by atoms with Crippen LogP contribution in [0.25, 0.3) is 0 Å². The van der Waals surface area contributed by atoms with E-state index in [1.807, 2.05) is 24.1 Å². The number of nitrogens with one attached hydrogen (secondary N) is 1. The van der Waals surface area contributed by atoms with Gasteiger partial charge in [0.25, 0.3) is 0 Å². The molecule has 1 aromatic rings. The van der Waals surface area contributed by atoms with E-state index < -0.39 is 0 Å². The van der Waals surface area contributed by atoms with Gasteiger partial charge in [-0.3, -0.25) is 9.48 Å². The molecule has 2 aliphatic heterocycles. The van der Waals surface area contributed by atoms with Crippen LogP contribution in [0.4, 0.5) is 0 Å². The summed E-state index contributed by atoms with van der Waals surface area (Å²) < 4.78 is 1.82. The second-order valence-electron chi connectivity index (χ2n) is 7.23. The zero-order valence-electron chi connectivity index (χ0n) is 14.0. The van der Waals surface area contributed by atoms with E-state index in [-0.39, 0.29) is 11.8 Å². The Kier molecular flexibility index (Phi) is 4.52. The van der Waals surface area contributed by atoms with Gasteiger partial charge >= 0.3 is 0 Å². The summed E-state index contributed by atoms with van der Waals surface area (Å²) in [5.74, 6) is 2.18. The Bertz CT molecular complexity index is 516. The molecule has 2 saturated heterocycles. The van der Waals surface area contributed by atoms with Crippen LogP contribution in [-0.2, 0) is 11.8 Å². The fourth-order valence-corrected chi connectivity index (χ4v) is 3.94. The highest BCUT2D eigenvalue weighted by atomic mass is 16.2. The van der Waals surface area contributed by atoms with Crippen LogP contribution in [0.5, 0.6) is 0 Å². The topological polar surface area (TPSA) is 50.2 Å². The van der Waals surface area contributed by atoms with Gasteiger partial charge in [0.2, 0.25) is 5.91 Å². The summed E-state index contributed by atoms with van der Waals surface area (Å²) >= 11 is 0. The number of carbonyl (C=O) groups excluding carboxylic acids is 1. The molecule has 22 heavy (non-hydrogen) atoms. The number of aromatic nitrogens is 2. The first-order valence-electron chi connectivity index (χ1n) is 8.54. The lowest BCUT2D eigenvalue weighted by molar-refractivity contribution is -0.137. The van der Waals surface area contributed by atoms with Crippen LogP contribution in [0.15, 0.2) is 12.4 Å². The number of piperidine rings is 1. The molecule has 0 radical (unpaired) electrons. The molecule has 5 heteroatoms. The normalized spacial score (nSPS) is 26.8. The van der Waals surface area contributed by atoms with Crippen molar-refractivity contribution in [3.05, 3.63) is 18.0 Å². The van der Waals surface area contributed by atoms with Gasteiger partial charge in [-0.05, 0) is 30.2 Å². The highest BCUT2D eigenvalue weighted by Gasteiger charge is 2.38. The minimum atomic E-state index is 0.0693. The monoisotopic (exact) mass is 304 g/mol. The lowest BCUT2D eigenvalue weighted by Crippen LogP contribution is -2.44. The molecule has 0 saturated carbocycles. The van der Waals surface area contributed by atoms with Crippen LogP contribution >= 0.6 is 0 Å². The molecule has 1 N–H and O–H groups in total. The Morgan fingerprint density at radius 3 is 2.64 bits per heavy atom. The van der Waals surface area contributed by atoms with Gasteiger partial charge in [0.05, 0.1) is 12.1 Å². The first kappa shape index (κ1) is 15.5. The van der Waals surface area contributed by atoms with E-state index in [1.165, 1.54) is 5.56 Å². The van der Waals surface area contributed by atoms with Gasteiger partial charge in [0.1, 0.15) is 0 Å². The summed E-state index contributed by atoms with van der Waals surface area (Å²) in [5, 5.41) is 7.65. The van der Waals surface area contributed by atoms with Gasteiger partial charge in [0, 0.05) is 45.3 Å². The number of aryl methyl sites for hydroxylation is 1. The third kappa shape index (κ3) is 3.05.